The van der Waals surface area contributed by atoms with Gasteiger partial charge in [-0.2, -0.15) is 10.2 Å². The summed E-state index contributed by atoms with van der Waals surface area (Å²) in [6.07, 6.45) is 28.1. The van der Waals surface area contributed by atoms with Crippen LogP contribution in [0, 0.1) is 23.7 Å². The fraction of sp³-hybridized carbons (Fsp3) is 0.960. The zero-order valence-electron chi connectivity index (χ0n) is 18.2. The largest absolute Gasteiger partial charge is 0.202 e. The summed E-state index contributed by atoms with van der Waals surface area (Å²) in [7, 11) is 0. The predicted octanol–water partition coefficient (Wildman–Crippen LogP) is 8.14. The second-order valence-electron chi connectivity index (χ2n) is 10.2. The molecule has 0 aliphatic heterocycles. The highest BCUT2D eigenvalue weighted by atomic mass is 15.2. The van der Waals surface area contributed by atoms with E-state index in [1.54, 1.807) is 0 Å². The van der Waals surface area contributed by atoms with E-state index in [1.165, 1.54) is 128 Å². The van der Waals surface area contributed by atoms with E-state index in [2.05, 4.69) is 6.57 Å². The average molecular weight is 386 g/mol. The summed E-state index contributed by atoms with van der Waals surface area (Å²) in [4.78, 5) is 0. The lowest BCUT2D eigenvalue weighted by Gasteiger charge is -2.45. The van der Waals surface area contributed by atoms with Gasteiger partial charge in [-0.3, -0.25) is 0 Å². The van der Waals surface area contributed by atoms with Crippen molar-refractivity contribution in [2.75, 3.05) is 0 Å². The monoisotopic (exact) mass is 385 g/mol. The first kappa shape index (κ1) is 21.8. The van der Waals surface area contributed by atoms with Crippen LogP contribution >= 0.6 is 0 Å². The van der Waals surface area contributed by atoms with Gasteiger partial charge in [0.1, 0.15) is 0 Å². The van der Waals surface area contributed by atoms with Crippen LogP contribution in [0.2, 0.25) is 0 Å². The van der Waals surface area contributed by atoms with Crippen LogP contribution in [0.3, 0.4) is 0 Å². The fourth-order valence-corrected chi connectivity index (χ4v) is 6.99. The number of azo groups is 1. The van der Waals surface area contributed by atoms with Gasteiger partial charge in [0.2, 0.25) is 0 Å². The highest BCUT2D eigenvalue weighted by molar-refractivity contribution is 5.01. The maximum Gasteiger partial charge on any atom is 0.0844 e. The standard InChI is InChI=1S/C24H42N2.CHN/c1-5-13-21(14-6-1)23(17-9-3-10-18-23)25-26-24(19-11-4-12-20-24)22-15-7-2-8-16-22;1-2/h21-22H,1-20H2;1H. The highest BCUT2D eigenvalue weighted by Crippen LogP contribution is 2.48. The Morgan fingerprint density at radius 1 is 0.464 bits per heavy atom. The Kier molecular flexibility index (Phi) is 8.36. The molecule has 0 N–H and O–H groups in total. The third-order valence-corrected chi connectivity index (χ3v) is 8.62. The Hall–Kier alpha value is -0.910. The molecule has 0 bridgehead atoms. The maximum atomic E-state index is 6.50. The number of nitrogens with zero attached hydrogens (tertiary/aromatic N) is 3. The number of hydrogen-bond acceptors (Lipinski definition) is 3. The van der Waals surface area contributed by atoms with Gasteiger partial charge in [-0.1, -0.05) is 77.0 Å². The minimum atomic E-state index is 0.234. The lowest BCUT2D eigenvalue weighted by atomic mass is 9.67. The van der Waals surface area contributed by atoms with Crippen molar-refractivity contribution in [1.29, 1.82) is 5.26 Å². The summed E-state index contributed by atoms with van der Waals surface area (Å²) in [6, 6.07) is 0. The van der Waals surface area contributed by atoms with Gasteiger partial charge < -0.3 is 0 Å². The summed E-state index contributed by atoms with van der Waals surface area (Å²) in [5, 5.41) is 17.4. The van der Waals surface area contributed by atoms with E-state index in [1.807, 2.05) is 0 Å². The highest BCUT2D eigenvalue weighted by Gasteiger charge is 2.44. The van der Waals surface area contributed by atoms with E-state index in [4.69, 9.17) is 15.5 Å². The molecule has 4 aliphatic carbocycles. The second-order valence-corrected chi connectivity index (χ2v) is 10.2. The van der Waals surface area contributed by atoms with Gasteiger partial charge in [-0.25, -0.2) is 5.26 Å². The van der Waals surface area contributed by atoms with Crippen molar-refractivity contribution in [2.45, 2.75) is 139 Å². The first-order valence-corrected chi connectivity index (χ1v) is 12.5. The van der Waals surface area contributed by atoms with Crippen LogP contribution in [0.25, 0.3) is 0 Å². The molecule has 0 aromatic carbocycles. The number of hydrogen-bond donors (Lipinski definition) is 0. The lowest BCUT2D eigenvalue weighted by Crippen LogP contribution is -2.42. The SMILES string of the molecule is C#N.C1CCC(C2(N=NC3(C4CCCCC4)CCCCC3)CCCCC2)CC1. The summed E-state index contributed by atoms with van der Waals surface area (Å²) < 4.78 is 0. The molecular weight excluding hydrogens is 342 g/mol. The van der Waals surface area contributed by atoms with E-state index in [0.29, 0.717) is 0 Å². The van der Waals surface area contributed by atoms with Crippen molar-refractivity contribution in [3.8, 4) is 6.57 Å². The van der Waals surface area contributed by atoms with E-state index >= 15 is 0 Å². The molecule has 4 fully saturated rings. The molecule has 4 saturated carbocycles. The number of rotatable bonds is 4. The first-order chi connectivity index (χ1) is 13.8. The molecule has 28 heavy (non-hydrogen) atoms. The molecule has 0 aromatic heterocycles. The second kappa shape index (κ2) is 10.7. The third kappa shape index (κ3) is 4.98. The van der Waals surface area contributed by atoms with Crippen LogP contribution in [0.1, 0.15) is 128 Å². The van der Waals surface area contributed by atoms with Crippen LogP contribution in [-0.2, 0) is 0 Å². The minimum Gasteiger partial charge on any atom is -0.202 e. The van der Waals surface area contributed by atoms with Crippen LogP contribution in [0.15, 0.2) is 10.2 Å². The van der Waals surface area contributed by atoms with Gasteiger partial charge in [-0.05, 0) is 63.2 Å². The van der Waals surface area contributed by atoms with Crippen molar-refractivity contribution in [1.82, 2.24) is 0 Å². The zero-order valence-corrected chi connectivity index (χ0v) is 18.2. The summed E-state index contributed by atoms with van der Waals surface area (Å²) >= 11 is 0. The molecule has 3 heteroatoms. The predicted molar refractivity (Wildman–Crippen MR) is 116 cm³/mol. The molecule has 0 atom stereocenters. The van der Waals surface area contributed by atoms with E-state index in [9.17, 15) is 0 Å². The van der Waals surface area contributed by atoms with E-state index in [-0.39, 0.29) is 11.1 Å². The van der Waals surface area contributed by atoms with Crippen LogP contribution < -0.4 is 0 Å². The Morgan fingerprint density at radius 2 is 0.750 bits per heavy atom. The van der Waals surface area contributed by atoms with Crippen molar-refractivity contribution in [3.05, 3.63) is 0 Å². The Morgan fingerprint density at radius 3 is 1.07 bits per heavy atom. The Labute approximate surface area is 173 Å². The van der Waals surface area contributed by atoms with Gasteiger partial charge in [0.05, 0.1) is 11.1 Å². The lowest BCUT2D eigenvalue weighted by molar-refractivity contribution is 0.114. The van der Waals surface area contributed by atoms with Crippen molar-refractivity contribution in [2.24, 2.45) is 22.1 Å². The van der Waals surface area contributed by atoms with Crippen molar-refractivity contribution in [3.63, 3.8) is 0 Å². The Balaban J connectivity index is 0.00000109. The smallest absolute Gasteiger partial charge is 0.0844 e. The normalized spacial score (nSPS) is 29.1. The zero-order chi connectivity index (χ0) is 19.7. The first-order valence-electron chi connectivity index (χ1n) is 12.5. The fourth-order valence-electron chi connectivity index (χ4n) is 6.99. The molecule has 0 aromatic rings. The maximum absolute atomic E-state index is 6.50. The summed E-state index contributed by atoms with van der Waals surface area (Å²) in [5.41, 5.74) is 0.468. The molecular formula is C25H43N3. The molecule has 3 nitrogen and oxygen atoms in total. The Bertz CT molecular complexity index is 443. The van der Waals surface area contributed by atoms with Crippen LogP contribution in [-0.4, -0.2) is 11.1 Å². The topological polar surface area (TPSA) is 48.5 Å². The number of nitriles is 1. The van der Waals surface area contributed by atoms with Crippen LogP contribution in [0.4, 0.5) is 0 Å². The van der Waals surface area contributed by atoms with Gasteiger partial charge in [-0.15, -0.1) is 0 Å². The van der Waals surface area contributed by atoms with E-state index in [0.717, 1.165) is 11.8 Å². The molecule has 0 unspecified atom stereocenters. The summed E-state index contributed by atoms with van der Waals surface area (Å²) in [6.45, 7) is 3.50. The van der Waals surface area contributed by atoms with E-state index < -0.39 is 0 Å². The average Bonchev–Trinajstić information content (AvgIpc) is 2.81. The molecule has 4 aliphatic rings. The molecule has 0 amide bonds. The molecule has 0 heterocycles. The quantitative estimate of drug-likeness (QED) is 0.450. The molecule has 0 spiro atoms. The van der Waals surface area contributed by atoms with Gasteiger partial charge in [0.15, 0.2) is 0 Å². The van der Waals surface area contributed by atoms with Gasteiger partial charge >= 0.3 is 0 Å². The van der Waals surface area contributed by atoms with Gasteiger partial charge in [0.25, 0.3) is 0 Å². The summed E-state index contributed by atoms with van der Waals surface area (Å²) in [5.74, 6) is 1.68. The van der Waals surface area contributed by atoms with Crippen molar-refractivity contribution >= 4 is 0 Å². The molecule has 4 rings (SSSR count). The molecule has 0 saturated heterocycles. The molecule has 158 valence electrons. The van der Waals surface area contributed by atoms with Crippen molar-refractivity contribution < 1.29 is 0 Å². The van der Waals surface area contributed by atoms with Gasteiger partial charge in [0, 0.05) is 6.57 Å². The minimum absolute atomic E-state index is 0.234. The molecule has 0 radical (unpaired) electrons. The van der Waals surface area contributed by atoms with Crippen LogP contribution in [0.5, 0.6) is 0 Å². The third-order valence-electron chi connectivity index (χ3n) is 8.62.